The summed E-state index contributed by atoms with van der Waals surface area (Å²) in [5.74, 6) is -0.918. The van der Waals surface area contributed by atoms with E-state index in [4.69, 9.17) is 17.3 Å². The molecule has 4 nitrogen and oxygen atoms in total. The molecule has 0 spiro atoms. The number of nitrogens with one attached hydrogen (secondary N) is 1. The summed E-state index contributed by atoms with van der Waals surface area (Å²) in [5, 5.41) is 2.71. The minimum absolute atomic E-state index is 0.0329. The van der Waals surface area contributed by atoms with Crippen LogP contribution in [0.2, 0.25) is 5.02 Å². The van der Waals surface area contributed by atoms with Crippen molar-refractivity contribution in [2.75, 3.05) is 17.3 Å². The van der Waals surface area contributed by atoms with Crippen LogP contribution in [0.4, 0.5) is 15.8 Å². The van der Waals surface area contributed by atoms with E-state index >= 15 is 0 Å². The number of hydrogen-bond acceptors (Lipinski definition) is 3. The van der Waals surface area contributed by atoms with Gasteiger partial charge in [0, 0.05) is 33.5 Å². The molecule has 0 fully saturated rings. The maximum absolute atomic E-state index is 13.5. The van der Waals surface area contributed by atoms with Crippen molar-refractivity contribution in [2.45, 2.75) is 5.75 Å². The standard InChI is InChI=1S/C15H14ClFN2O2S/c1-22(21)8-9-3-2-4-11(5-9)19-15(20)12-6-10(16)7-13(17)14(12)18/h2-7H,8,18H2,1H3,(H,19,20). The molecule has 1 amide bonds. The first kappa shape index (κ1) is 16.5. The molecule has 0 aliphatic rings. The summed E-state index contributed by atoms with van der Waals surface area (Å²) < 4.78 is 24.8. The topological polar surface area (TPSA) is 72.2 Å². The maximum atomic E-state index is 13.5. The molecule has 2 aromatic rings. The van der Waals surface area contributed by atoms with Gasteiger partial charge in [-0.3, -0.25) is 9.00 Å². The quantitative estimate of drug-likeness (QED) is 0.839. The Labute approximate surface area is 134 Å². The van der Waals surface area contributed by atoms with Gasteiger partial charge in [-0.05, 0) is 29.8 Å². The average Bonchev–Trinajstić information content (AvgIpc) is 2.42. The van der Waals surface area contributed by atoms with Gasteiger partial charge < -0.3 is 11.1 Å². The first-order valence-electron chi connectivity index (χ1n) is 6.31. The molecule has 0 saturated heterocycles. The van der Waals surface area contributed by atoms with Crippen molar-refractivity contribution in [3.05, 3.63) is 58.4 Å². The third-order valence-corrected chi connectivity index (χ3v) is 3.85. The Morgan fingerprint density at radius 2 is 2.09 bits per heavy atom. The zero-order valence-corrected chi connectivity index (χ0v) is 13.3. The molecule has 116 valence electrons. The van der Waals surface area contributed by atoms with Crippen LogP contribution in [0.3, 0.4) is 0 Å². The van der Waals surface area contributed by atoms with E-state index < -0.39 is 22.5 Å². The first-order chi connectivity index (χ1) is 10.4. The predicted octanol–water partition coefficient (Wildman–Crippen LogP) is 3.19. The second kappa shape index (κ2) is 6.89. The molecule has 1 unspecified atom stereocenters. The normalized spacial score (nSPS) is 12.0. The van der Waals surface area contributed by atoms with E-state index in [0.717, 1.165) is 11.6 Å². The van der Waals surface area contributed by atoms with E-state index in [0.29, 0.717) is 11.4 Å². The van der Waals surface area contributed by atoms with Crippen molar-refractivity contribution in [3.63, 3.8) is 0 Å². The number of nitrogen functional groups attached to an aromatic ring is 1. The van der Waals surface area contributed by atoms with Gasteiger partial charge in [0.25, 0.3) is 5.91 Å². The molecule has 7 heteroatoms. The van der Waals surface area contributed by atoms with Crippen LogP contribution in [0.15, 0.2) is 36.4 Å². The van der Waals surface area contributed by atoms with Gasteiger partial charge in [0.2, 0.25) is 0 Å². The number of hydrogen-bond donors (Lipinski definition) is 2. The molecular formula is C15H14ClFN2O2S. The van der Waals surface area contributed by atoms with Gasteiger partial charge in [0.15, 0.2) is 0 Å². The Bertz CT molecular complexity index is 752. The first-order valence-corrected chi connectivity index (χ1v) is 8.42. The zero-order valence-electron chi connectivity index (χ0n) is 11.7. The summed E-state index contributed by atoms with van der Waals surface area (Å²) >= 11 is 5.74. The molecule has 2 aromatic carbocycles. The highest BCUT2D eigenvalue weighted by Crippen LogP contribution is 2.23. The van der Waals surface area contributed by atoms with Gasteiger partial charge in [-0.15, -0.1) is 0 Å². The zero-order chi connectivity index (χ0) is 16.3. The monoisotopic (exact) mass is 340 g/mol. The van der Waals surface area contributed by atoms with Gasteiger partial charge in [-0.2, -0.15) is 0 Å². The van der Waals surface area contributed by atoms with E-state index in [1.165, 1.54) is 6.07 Å². The Morgan fingerprint density at radius 1 is 1.36 bits per heavy atom. The lowest BCUT2D eigenvalue weighted by Gasteiger charge is -2.10. The van der Waals surface area contributed by atoms with Gasteiger partial charge >= 0.3 is 0 Å². The molecule has 0 saturated carbocycles. The number of benzene rings is 2. The van der Waals surface area contributed by atoms with E-state index in [-0.39, 0.29) is 16.3 Å². The van der Waals surface area contributed by atoms with Crippen LogP contribution in [0.1, 0.15) is 15.9 Å². The molecule has 0 aliphatic heterocycles. The van der Waals surface area contributed by atoms with Crippen molar-refractivity contribution in [2.24, 2.45) is 0 Å². The van der Waals surface area contributed by atoms with Crippen molar-refractivity contribution < 1.29 is 13.4 Å². The Kier molecular flexibility index (Phi) is 5.15. The van der Waals surface area contributed by atoms with Gasteiger partial charge in [0.1, 0.15) is 5.82 Å². The molecule has 0 radical (unpaired) electrons. The number of halogens is 2. The van der Waals surface area contributed by atoms with Crippen molar-refractivity contribution in [1.82, 2.24) is 0 Å². The van der Waals surface area contributed by atoms with Gasteiger partial charge in [-0.25, -0.2) is 4.39 Å². The lowest BCUT2D eigenvalue weighted by molar-refractivity contribution is 0.102. The third kappa shape index (κ3) is 4.05. The third-order valence-electron chi connectivity index (χ3n) is 2.89. The fourth-order valence-electron chi connectivity index (χ4n) is 1.94. The number of carbonyl (C=O) groups excluding carboxylic acids is 1. The smallest absolute Gasteiger partial charge is 0.257 e. The molecule has 0 aliphatic carbocycles. The summed E-state index contributed by atoms with van der Waals surface area (Å²) in [6, 6.07) is 9.28. The highest BCUT2D eigenvalue weighted by molar-refractivity contribution is 7.83. The van der Waals surface area contributed by atoms with E-state index in [1.54, 1.807) is 24.5 Å². The summed E-state index contributed by atoms with van der Waals surface area (Å²) in [6.45, 7) is 0. The molecule has 0 aromatic heterocycles. The molecule has 0 bridgehead atoms. The van der Waals surface area contributed by atoms with E-state index in [2.05, 4.69) is 5.32 Å². The largest absolute Gasteiger partial charge is 0.396 e. The molecule has 3 N–H and O–H groups in total. The highest BCUT2D eigenvalue weighted by atomic mass is 35.5. The van der Waals surface area contributed by atoms with Crippen molar-refractivity contribution in [3.8, 4) is 0 Å². The predicted molar refractivity (Wildman–Crippen MR) is 88.0 cm³/mol. The SMILES string of the molecule is CS(=O)Cc1cccc(NC(=O)c2cc(Cl)cc(F)c2N)c1. The minimum atomic E-state index is -0.983. The number of rotatable bonds is 4. The molecule has 0 heterocycles. The highest BCUT2D eigenvalue weighted by Gasteiger charge is 2.15. The molecule has 22 heavy (non-hydrogen) atoms. The Hall–Kier alpha value is -1.92. The van der Waals surface area contributed by atoms with Crippen LogP contribution in [0.25, 0.3) is 0 Å². The van der Waals surface area contributed by atoms with Crippen molar-refractivity contribution >= 4 is 39.7 Å². The van der Waals surface area contributed by atoms with E-state index in [1.807, 2.05) is 6.07 Å². The van der Waals surface area contributed by atoms with Crippen LogP contribution >= 0.6 is 11.6 Å². The summed E-state index contributed by atoms with van der Waals surface area (Å²) in [6.07, 6.45) is 1.60. The van der Waals surface area contributed by atoms with Crippen LogP contribution in [0.5, 0.6) is 0 Å². The van der Waals surface area contributed by atoms with E-state index in [9.17, 15) is 13.4 Å². The van der Waals surface area contributed by atoms with Crippen LogP contribution in [-0.2, 0) is 16.6 Å². The van der Waals surface area contributed by atoms with Crippen LogP contribution in [0, 0.1) is 5.82 Å². The Morgan fingerprint density at radius 3 is 2.77 bits per heavy atom. The number of amides is 1. The molecule has 1 atom stereocenters. The molecular weight excluding hydrogens is 327 g/mol. The summed E-state index contributed by atoms with van der Waals surface area (Å²) in [5.41, 5.74) is 6.61. The van der Waals surface area contributed by atoms with Gasteiger partial charge in [0.05, 0.1) is 11.3 Å². The minimum Gasteiger partial charge on any atom is -0.396 e. The van der Waals surface area contributed by atoms with Crippen molar-refractivity contribution in [1.29, 1.82) is 0 Å². The second-order valence-electron chi connectivity index (χ2n) is 4.72. The fraction of sp³-hybridized carbons (Fsp3) is 0.133. The Balaban J connectivity index is 2.24. The number of anilines is 2. The van der Waals surface area contributed by atoms with Crippen LogP contribution < -0.4 is 11.1 Å². The lowest BCUT2D eigenvalue weighted by Crippen LogP contribution is -2.15. The fourth-order valence-corrected chi connectivity index (χ4v) is 2.80. The lowest BCUT2D eigenvalue weighted by atomic mass is 10.1. The number of nitrogens with two attached hydrogens (primary N) is 1. The summed E-state index contributed by atoms with van der Waals surface area (Å²) in [7, 11) is -0.983. The number of carbonyl (C=O) groups is 1. The second-order valence-corrected chi connectivity index (χ2v) is 6.59. The molecule has 2 rings (SSSR count). The average molecular weight is 341 g/mol. The summed E-state index contributed by atoms with van der Waals surface area (Å²) in [4.78, 5) is 12.2. The maximum Gasteiger partial charge on any atom is 0.257 e. The van der Waals surface area contributed by atoms with Gasteiger partial charge in [-0.1, -0.05) is 23.7 Å². The van der Waals surface area contributed by atoms with Crippen LogP contribution in [-0.4, -0.2) is 16.4 Å².